The van der Waals surface area contributed by atoms with Crippen molar-refractivity contribution in [3.8, 4) is 33.9 Å². The number of pyridine rings is 1. The third-order valence-corrected chi connectivity index (χ3v) is 5.41. The molecule has 0 aliphatic heterocycles. The Bertz CT molecular complexity index is 982. The number of methoxy groups -OCH3 is 1. The fraction of sp³-hybridized carbons (Fsp3) is 0.348. The molecule has 1 aliphatic carbocycles. The van der Waals surface area contributed by atoms with Gasteiger partial charge in [0, 0.05) is 41.7 Å². The molecule has 1 amide bonds. The van der Waals surface area contributed by atoms with Gasteiger partial charge in [-0.15, -0.1) is 0 Å². The van der Waals surface area contributed by atoms with Crippen LogP contribution in [0.1, 0.15) is 32.1 Å². The van der Waals surface area contributed by atoms with E-state index >= 15 is 0 Å². The van der Waals surface area contributed by atoms with Crippen LogP contribution < -0.4 is 14.8 Å². The minimum Gasteiger partial charge on any atom is -0.496 e. The second-order valence-electron chi connectivity index (χ2n) is 7.48. The van der Waals surface area contributed by atoms with Crippen LogP contribution in [0, 0.1) is 5.92 Å². The van der Waals surface area contributed by atoms with Gasteiger partial charge in [-0.25, -0.2) is 4.79 Å². The van der Waals surface area contributed by atoms with Crippen LogP contribution in [0.25, 0.3) is 22.5 Å². The fourth-order valence-corrected chi connectivity index (χ4v) is 3.82. The molecule has 0 bridgehead atoms. The Labute approximate surface area is 175 Å². The van der Waals surface area contributed by atoms with Gasteiger partial charge in [-0.1, -0.05) is 24.4 Å². The van der Waals surface area contributed by atoms with Crippen molar-refractivity contribution in [2.24, 2.45) is 5.92 Å². The van der Waals surface area contributed by atoms with Gasteiger partial charge >= 0.3 is 6.09 Å². The summed E-state index contributed by atoms with van der Waals surface area (Å²) in [4.78, 5) is 16.6. The van der Waals surface area contributed by atoms with Gasteiger partial charge in [-0.3, -0.25) is 4.98 Å². The summed E-state index contributed by atoms with van der Waals surface area (Å²) in [5.41, 5.74) is 2.38. The second-order valence-corrected chi connectivity index (χ2v) is 7.48. The Morgan fingerprint density at radius 2 is 1.97 bits per heavy atom. The first-order chi connectivity index (χ1) is 14.7. The van der Waals surface area contributed by atoms with Crippen molar-refractivity contribution in [1.29, 1.82) is 0 Å². The molecule has 0 unspecified atom stereocenters. The zero-order valence-corrected chi connectivity index (χ0v) is 17.0. The van der Waals surface area contributed by atoms with Crippen LogP contribution in [0.3, 0.4) is 0 Å². The molecule has 2 aromatic heterocycles. The van der Waals surface area contributed by atoms with E-state index in [1.54, 1.807) is 50.0 Å². The monoisotopic (exact) mass is 407 g/mol. The minimum absolute atomic E-state index is 0.440. The highest BCUT2D eigenvalue weighted by atomic mass is 16.6. The third kappa shape index (κ3) is 4.79. The summed E-state index contributed by atoms with van der Waals surface area (Å²) in [5, 5.41) is 6.63. The molecule has 0 radical (unpaired) electrons. The highest BCUT2D eigenvalue weighted by molar-refractivity contribution is 5.77. The highest BCUT2D eigenvalue weighted by Gasteiger charge is 2.16. The number of benzene rings is 1. The van der Waals surface area contributed by atoms with Crippen molar-refractivity contribution in [3.63, 3.8) is 0 Å². The molecular weight excluding hydrogens is 382 g/mol. The van der Waals surface area contributed by atoms with Gasteiger partial charge in [-0.2, -0.15) is 0 Å². The fourth-order valence-electron chi connectivity index (χ4n) is 3.82. The molecule has 4 rings (SSSR count). The summed E-state index contributed by atoms with van der Waals surface area (Å²) in [7, 11) is 1.60. The molecule has 1 aliphatic rings. The Kier molecular flexibility index (Phi) is 6.27. The Hall–Kier alpha value is -3.35. The zero-order valence-electron chi connectivity index (χ0n) is 17.0. The molecule has 156 valence electrons. The molecule has 1 N–H and O–H groups in total. The van der Waals surface area contributed by atoms with E-state index in [0.29, 0.717) is 29.7 Å². The molecule has 0 saturated heterocycles. The summed E-state index contributed by atoms with van der Waals surface area (Å²) in [6, 6.07) is 8.98. The lowest BCUT2D eigenvalue weighted by molar-refractivity contribution is 0.196. The maximum atomic E-state index is 12.3. The summed E-state index contributed by atoms with van der Waals surface area (Å²) in [5.74, 6) is 2.26. The first-order valence-corrected chi connectivity index (χ1v) is 10.2. The van der Waals surface area contributed by atoms with Crippen LogP contribution in [0.15, 0.2) is 53.4 Å². The van der Waals surface area contributed by atoms with Crippen LogP contribution in [0.5, 0.6) is 11.5 Å². The van der Waals surface area contributed by atoms with Crippen LogP contribution in [-0.4, -0.2) is 29.9 Å². The van der Waals surface area contributed by atoms with E-state index in [0.717, 1.165) is 16.7 Å². The number of rotatable bonds is 6. The molecule has 3 aromatic rings. The average Bonchev–Trinajstić information content (AvgIpc) is 3.34. The van der Waals surface area contributed by atoms with Crippen molar-refractivity contribution >= 4 is 6.09 Å². The van der Waals surface area contributed by atoms with Crippen molar-refractivity contribution in [3.05, 3.63) is 48.9 Å². The van der Waals surface area contributed by atoms with Gasteiger partial charge in [0.15, 0.2) is 5.76 Å². The standard InChI is InChI=1S/C23H25N3O4/c1-28-22-8-7-19(29-23(27)25-13-16-5-3-2-4-6-16)12-20(22)17-11-18(15-24-14-17)21-9-10-26-30-21/h7-12,14-16H,2-6,13H2,1H3,(H,25,27). The topological polar surface area (TPSA) is 86.5 Å². The highest BCUT2D eigenvalue weighted by Crippen LogP contribution is 2.35. The van der Waals surface area contributed by atoms with E-state index in [9.17, 15) is 4.79 Å². The molecule has 0 spiro atoms. The Morgan fingerprint density at radius 1 is 1.13 bits per heavy atom. The van der Waals surface area contributed by atoms with Crippen LogP contribution in [0.4, 0.5) is 4.79 Å². The number of hydrogen-bond acceptors (Lipinski definition) is 6. The lowest BCUT2D eigenvalue weighted by atomic mass is 9.89. The lowest BCUT2D eigenvalue weighted by Gasteiger charge is -2.21. The van der Waals surface area contributed by atoms with E-state index in [1.807, 2.05) is 6.07 Å². The van der Waals surface area contributed by atoms with E-state index in [2.05, 4.69) is 15.5 Å². The van der Waals surface area contributed by atoms with Gasteiger partial charge in [0.2, 0.25) is 0 Å². The third-order valence-electron chi connectivity index (χ3n) is 5.41. The van der Waals surface area contributed by atoms with E-state index in [4.69, 9.17) is 14.0 Å². The summed E-state index contributed by atoms with van der Waals surface area (Å²) < 4.78 is 16.2. The molecule has 7 nitrogen and oxygen atoms in total. The number of aromatic nitrogens is 2. The SMILES string of the molecule is COc1ccc(OC(=O)NCC2CCCCC2)cc1-c1cncc(-c2ccno2)c1. The lowest BCUT2D eigenvalue weighted by Crippen LogP contribution is -2.32. The summed E-state index contributed by atoms with van der Waals surface area (Å²) in [6.07, 6.45) is 10.7. The molecule has 7 heteroatoms. The number of amides is 1. The van der Waals surface area contributed by atoms with Crippen LogP contribution in [0.2, 0.25) is 0 Å². The largest absolute Gasteiger partial charge is 0.496 e. The molecule has 2 heterocycles. The quantitative estimate of drug-likeness (QED) is 0.613. The minimum atomic E-state index is -0.440. The smallest absolute Gasteiger partial charge is 0.412 e. The predicted octanol–water partition coefficient (Wildman–Crippen LogP) is 5.08. The number of carbonyl (C=O) groups is 1. The molecule has 1 aromatic carbocycles. The number of ether oxygens (including phenoxy) is 2. The molecule has 1 fully saturated rings. The molecule has 30 heavy (non-hydrogen) atoms. The van der Waals surface area contributed by atoms with Gasteiger partial charge in [0.05, 0.1) is 13.3 Å². The molecule has 1 saturated carbocycles. The summed E-state index contributed by atoms with van der Waals surface area (Å²) >= 11 is 0. The number of hydrogen-bond donors (Lipinski definition) is 1. The molecular formula is C23H25N3O4. The van der Waals surface area contributed by atoms with Gasteiger partial charge in [0.25, 0.3) is 0 Å². The first-order valence-electron chi connectivity index (χ1n) is 10.2. The van der Waals surface area contributed by atoms with E-state index in [1.165, 1.54) is 32.1 Å². The van der Waals surface area contributed by atoms with Crippen molar-refractivity contribution in [2.45, 2.75) is 32.1 Å². The number of nitrogens with one attached hydrogen (secondary N) is 1. The van der Waals surface area contributed by atoms with Crippen molar-refractivity contribution < 1.29 is 18.8 Å². The van der Waals surface area contributed by atoms with E-state index in [-0.39, 0.29) is 0 Å². The van der Waals surface area contributed by atoms with Gasteiger partial charge in [0.1, 0.15) is 11.5 Å². The van der Waals surface area contributed by atoms with Crippen LogP contribution in [-0.2, 0) is 0 Å². The Morgan fingerprint density at radius 3 is 2.73 bits per heavy atom. The Balaban J connectivity index is 1.49. The summed E-state index contributed by atoms with van der Waals surface area (Å²) in [6.45, 7) is 0.658. The molecule has 0 atom stereocenters. The maximum Gasteiger partial charge on any atom is 0.412 e. The van der Waals surface area contributed by atoms with Gasteiger partial charge < -0.3 is 19.3 Å². The predicted molar refractivity (Wildman–Crippen MR) is 112 cm³/mol. The van der Waals surface area contributed by atoms with Crippen molar-refractivity contribution in [2.75, 3.05) is 13.7 Å². The maximum absolute atomic E-state index is 12.3. The first kappa shape index (κ1) is 19.9. The van der Waals surface area contributed by atoms with E-state index < -0.39 is 6.09 Å². The van der Waals surface area contributed by atoms with Gasteiger partial charge in [-0.05, 0) is 43.0 Å². The van der Waals surface area contributed by atoms with Crippen LogP contribution >= 0.6 is 0 Å². The number of nitrogens with zero attached hydrogens (tertiary/aromatic N) is 2. The van der Waals surface area contributed by atoms with Crippen molar-refractivity contribution in [1.82, 2.24) is 15.5 Å². The second kappa shape index (κ2) is 9.43. The number of carbonyl (C=O) groups excluding carboxylic acids is 1. The normalized spacial score (nSPS) is 14.3. The average molecular weight is 407 g/mol. The zero-order chi connectivity index (χ0) is 20.8.